The number of ether oxygens (including phenoxy) is 1. The van der Waals surface area contributed by atoms with Crippen LogP contribution in [0.1, 0.15) is 32.6 Å². The Bertz CT molecular complexity index is 413. The normalized spacial score (nSPS) is 10.9. The van der Waals surface area contributed by atoms with E-state index in [0.29, 0.717) is 12.4 Å². The molecule has 0 saturated heterocycles. The monoisotopic (exact) mass is 266 g/mol. The standard InChI is InChI=1S/C15H26N2O2/c1-4-5-6-12-19-14-8-11-17(15(18)13-14)10-7-9-16(2)3/h8,11,13H,4-7,9-10,12H2,1-3H3. The molecule has 0 bridgehead atoms. The first-order valence-electron chi connectivity index (χ1n) is 7.11. The fourth-order valence-electron chi connectivity index (χ4n) is 1.86. The zero-order chi connectivity index (χ0) is 14.1. The summed E-state index contributed by atoms with van der Waals surface area (Å²) in [4.78, 5) is 14.0. The van der Waals surface area contributed by atoms with Gasteiger partial charge in [0.05, 0.1) is 6.61 Å². The molecule has 19 heavy (non-hydrogen) atoms. The van der Waals surface area contributed by atoms with Crippen molar-refractivity contribution >= 4 is 0 Å². The Morgan fingerprint density at radius 2 is 2.05 bits per heavy atom. The van der Waals surface area contributed by atoms with Crippen molar-refractivity contribution in [3.63, 3.8) is 0 Å². The molecule has 0 aliphatic heterocycles. The third-order valence-electron chi connectivity index (χ3n) is 2.99. The summed E-state index contributed by atoms with van der Waals surface area (Å²) in [5.41, 5.74) is 0.0201. The van der Waals surface area contributed by atoms with Gasteiger partial charge in [-0.2, -0.15) is 0 Å². The molecule has 1 aromatic heterocycles. The van der Waals surface area contributed by atoms with Gasteiger partial charge in [0.15, 0.2) is 0 Å². The minimum atomic E-state index is 0.0201. The number of pyridine rings is 1. The average molecular weight is 266 g/mol. The maximum absolute atomic E-state index is 11.9. The number of hydrogen-bond acceptors (Lipinski definition) is 3. The second-order valence-electron chi connectivity index (χ2n) is 5.11. The minimum absolute atomic E-state index is 0.0201. The van der Waals surface area contributed by atoms with Crippen LogP contribution in [-0.4, -0.2) is 36.7 Å². The smallest absolute Gasteiger partial charge is 0.254 e. The summed E-state index contributed by atoms with van der Waals surface area (Å²) in [6.07, 6.45) is 6.19. The second-order valence-corrected chi connectivity index (χ2v) is 5.11. The SMILES string of the molecule is CCCCCOc1ccn(CCCN(C)C)c(=O)c1. The van der Waals surface area contributed by atoms with Crippen LogP contribution in [0.2, 0.25) is 0 Å². The lowest BCUT2D eigenvalue weighted by molar-refractivity contribution is 0.304. The van der Waals surface area contributed by atoms with Crippen LogP contribution in [0.3, 0.4) is 0 Å². The van der Waals surface area contributed by atoms with E-state index >= 15 is 0 Å². The van der Waals surface area contributed by atoms with Gasteiger partial charge < -0.3 is 14.2 Å². The van der Waals surface area contributed by atoms with E-state index in [-0.39, 0.29) is 5.56 Å². The van der Waals surface area contributed by atoms with Crippen molar-refractivity contribution in [3.8, 4) is 5.75 Å². The molecule has 0 aliphatic carbocycles. The Balaban J connectivity index is 2.43. The molecular weight excluding hydrogens is 240 g/mol. The van der Waals surface area contributed by atoms with Gasteiger partial charge in [-0.3, -0.25) is 4.79 Å². The van der Waals surface area contributed by atoms with Gasteiger partial charge in [-0.15, -0.1) is 0 Å². The molecule has 0 saturated carbocycles. The van der Waals surface area contributed by atoms with Crippen LogP contribution < -0.4 is 10.3 Å². The Morgan fingerprint density at radius 3 is 2.68 bits per heavy atom. The Hall–Kier alpha value is -1.29. The maximum Gasteiger partial charge on any atom is 0.254 e. The molecule has 0 unspecified atom stereocenters. The fourth-order valence-corrected chi connectivity index (χ4v) is 1.86. The molecule has 4 nitrogen and oxygen atoms in total. The Kier molecular flexibility index (Phi) is 7.26. The van der Waals surface area contributed by atoms with Gasteiger partial charge in [-0.25, -0.2) is 0 Å². The van der Waals surface area contributed by atoms with E-state index in [0.717, 1.165) is 25.9 Å². The van der Waals surface area contributed by atoms with E-state index in [1.54, 1.807) is 10.6 Å². The lowest BCUT2D eigenvalue weighted by Gasteiger charge is -2.11. The molecular formula is C15H26N2O2. The largest absolute Gasteiger partial charge is 0.493 e. The van der Waals surface area contributed by atoms with Crippen LogP contribution in [0.4, 0.5) is 0 Å². The van der Waals surface area contributed by atoms with Crippen molar-refractivity contribution in [1.82, 2.24) is 9.47 Å². The summed E-state index contributed by atoms with van der Waals surface area (Å²) in [6, 6.07) is 3.46. The summed E-state index contributed by atoms with van der Waals surface area (Å²) < 4.78 is 7.30. The first kappa shape index (κ1) is 15.8. The van der Waals surface area contributed by atoms with E-state index in [1.807, 2.05) is 26.4 Å². The molecule has 0 radical (unpaired) electrons. The quantitative estimate of drug-likeness (QED) is 0.644. The third-order valence-corrected chi connectivity index (χ3v) is 2.99. The van der Waals surface area contributed by atoms with Gasteiger partial charge in [0.1, 0.15) is 5.75 Å². The Morgan fingerprint density at radius 1 is 1.26 bits per heavy atom. The highest BCUT2D eigenvalue weighted by atomic mass is 16.5. The first-order valence-corrected chi connectivity index (χ1v) is 7.11. The molecule has 0 N–H and O–H groups in total. The van der Waals surface area contributed by atoms with Crippen molar-refractivity contribution < 1.29 is 4.74 Å². The molecule has 108 valence electrons. The predicted molar refractivity (Wildman–Crippen MR) is 78.9 cm³/mol. The highest BCUT2D eigenvalue weighted by molar-refractivity contribution is 5.17. The zero-order valence-corrected chi connectivity index (χ0v) is 12.4. The molecule has 0 spiro atoms. The van der Waals surface area contributed by atoms with E-state index in [4.69, 9.17) is 4.74 Å². The van der Waals surface area contributed by atoms with Gasteiger partial charge in [-0.05, 0) is 39.5 Å². The second kappa shape index (κ2) is 8.75. The van der Waals surface area contributed by atoms with E-state index < -0.39 is 0 Å². The van der Waals surface area contributed by atoms with E-state index in [2.05, 4.69) is 11.8 Å². The van der Waals surface area contributed by atoms with Crippen LogP contribution in [0.15, 0.2) is 23.1 Å². The minimum Gasteiger partial charge on any atom is -0.493 e. The van der Waals surface area contributed by atoms with Crippen LogP contribution in [0.5, 0.6) is 5.75 Å². The molecule has 1 aromatic rings. The Labute approximate surface area is 116 Å². The first-order chi connectivity index (χ1) is 9.13. The van der Waals surface area contributed by atoms with Crippen molar-refractivity contribution in [2.24, 2.45) is 0 Å². The molecule has 0 aliphatic rings. The summed E-state index contributed by atoms with van der Waals surface area (Å²) in [7, 11) is 4.08. The van der Waals surface area contributed by atoms with Gasteiger partial charge in [-0.1, -0.05) is 19.8 Å². The number of nitrogens with zero attached hydrogens (tertiary/aromatic N) is 2. The highest BCUT2D eigenvalue weighted by Gasteiger charge is 2.00. The van der Waals surface area contributed by atoms with Crippen molar-refractivity contribution in [2.75, 3.05) is 27.2 Å². The van der Waals surface area contributed by atoms with Crippen molar-refractivity contribution in [1.29, 1.82) is 0 Å². The van der Waals surface area contributed by atoms with Crippen LogP contribution >= 0.6 is 0 Å². The molecule has 0 atom stereocenters. The summed E-state index contributed by atoms with van der Waals surface area (Å²) >= 11 is 0. The number of aryl methyl sites for hydroxylation is 1. The maximum atomic E-state index is 11.9. The van der Waals surface area contributed by atoms with Gasteiger partial charge in [0, 0.05) is 18.8 Å². The molecule has 0 fully saturated rings. The van der Waals surface area contributed by atoms with Crippen molar-refractivity contribution in [3.05, 3.63) is 28.7 Å². The molecule has 1 rings (SSSR count). The third kappa shape index (κ3) is 6.43. The predicted octanol–water partition coefficient (Wildman–Crippen LogP) is 2.37. The van der Waals surface area contributed by atoms with E-state index in [1.165, 1.54) is 12.8 Å². The summed E-state index contributed by atoms with van der Waals surface area (Å²) in [5, 5.41) is 0. The zero-order valence-electron chi connectivity index (χ0n) is 12.4. The molecule has 1 heterocycles. The number of hydrogen-bond donors (Lipinski definition) is 0. The van der Waals surface area contributed by atoms with Crippen LogP contribution in [0, 0.1) is 0 Å². The van der Waals surface area contributed by atoms with Gasteiger partial charge in [0.25, 0.3) is 5.56 Å². The topological polar surface area (TPSA) is 34.5 Å². The number of rotatable bonds is 9. The van der Waals surface area contributed by atoms with Crippen LogP contribution in [-0.2, 0) is 6.54 Å². The molecule has 0 amide bonds. The fraction of sp³-hybridized carbons (Fsp3) is 0.667. The van der Waals surface area contributed by atoms with Gasteiger partial charge >= 0.3 is 0 Å². The summed E-state index contributed by atoms with van der Waals surface area (Å²) in [5.74, 6) is 0.685. The molecule has 0 aromatic carbocycles. The number of unbranched alkanes of at least 4 members (excludes halogenated alkanes) is 2. The molecule has 4 heteroatoms. The lowest BCUT2D eigenvalue weighted by Crippen LogP contribution is -2.22. The number of aromatic nitrogens is 1. The van der Waals surface area contributed by atoms with Crippen molar-refractivity contribution in [2.45, 2.75) is 39.2 Å². The van der Waals surface area contributed by atoms with Gasteiger partial charge in [0.2, 0.25) is 0 Å². The lowest BCUT2D eigenvalue weighted by atomic mass is 10.3. The highest BCUT2D eigenvalue weighted by Crippen LogP contribution is 2.07. The van der Waals surface area contributed by atoms with Crippen LogP contribution in [0.25, 0.3) is 0 Å². The van der Waals surface area contributed by atoms with E-state index in [9.17, 15) is 4.79 Å². The average Bonchev–Trinajstić information content (AvgIpc) is 2.37. The summed E-state index contributed by atoms with van der Waals surface area (Å²) in [6.45, 7) is 4.60.